The van der Waals surface area contributed by atoms with Crippen LogP contribution in [0, 0.1) is 0 Å². The smallest absolute Gasteiger partial charge is 0.182 e. The van der Waals surface area contributed by atoms with Crippen molar-refractivity contribution in [1.82, 2.24) is 15.1 Å². The third-order valence-corrected chi connectivity index (χ3v) is 2.73. The second-order valence-electron chi connectivity index (χ2n) is 3.82. The number of ether oxygens (including phenoxy) is 1. The highest BCUT2D eigenvalue weighted by Crippen LogP contribution is 2.14. The molecule has 2 unspecified atom stereocenters. The fourth-order valence-electron chi connectivity index (χ4n) is 1.83. The quantitative estimate of drug-likeness (QED) is 0.711. The summed E-state index contributed by atoms with van der Waals surface area (Å²) in [7, 11) is 3.47. The topological polar surface area (TPSA) is 56.1 Å². The van der Waals surface area contributed by atoms with Crippen molar-refractivity contribution < 1.29 is 9.53 Å². The van der Waals surface area contributed by atoms with Gasteiger partial charge in [0.25, 0.3) is 0 Å². The number of ketones is 1. The molecule has 0 aliphatic carbocycles. The molecule has 0 aromatic carbocycles. The second kappa shape index (κ2) is 4.12. The summed E-state index contributed by atoms with van der Waals surface area (Å²) in [6, 6.07) is -0.126. The van der Waals surface area contributed by atoms with E-state index in [0.29, 0.717) is 5.56 Å². The van der Waals surface area contributed by atoms with Crippen LogP contribution in [0.15, 0.2) is 12.4 Å². The Labute approximate surface area is 88.4 Å². The minimum atomic E-state index is -0.126. The van der Waals surface area contributed by atoms with Crippen LogP contribution < -0.4 is 5.32 Å². The van der Waals surface area contributed by atoms with Crippen LogP contribution in [0.3, 0.4) is 0 Å². The molecule has 82 valence electrons. The van der Waals surface area contributed by atoms with E-state index in [9.17, 15) is 4.79 Å². The number of aromatic nitrogens is 2. The van der Waals surface area contributed by atoms with Gasteiger partial charge < -0.3 is 10.1 Å². The number of aryl methyl sites for hydroxylation is 1. The summed E-state index contributed by atoms with van der Waals surface area (Å²) in [6.07, 6.45) is 4.23. The molecule has 5 nitrogen and oxygen atoms in total. The summed E-state index contributed by atoms with van der Waals surface area (Å²) in [5.41, 5.74) is 0.659. The van der Waals surface area contributed by atoms with Gasteiger partial charge in [0.05, 0.1) is 23.9 Å². The van der Waals surface area contributed by atoms with E-state index in [2.05, 4.69) is 10.4 Å². The molecule has 1 fully saturated rings. The van der Waals surface area contributed by atoms with Crippen LogP contribution in [-0.2, 0) is 11.8 Å². The number of hydrogen-bond donors (Lipinski definition) is 1. The molecule has 0 radical (unpaired) electrons. The van der Waals surface area contributed by atoms with Gasteiger partial charge in [-0.2, -0.15) is 5.10 Å². The first kappa shape index (κ1) is 10.3. The third-order valence-electron chi connectivity index (χ3n) is 2.73. The Bertz CT molecular complexity index is 361. The van der Waals surface area contributed by atoms with Gasteiger partial charge in [-0.3, -0.25) is 9.48 Å². The lowest BCUT2D eigenvalue weighted by molar-refractivity contribution is 0.0919. The zero-order valence-electron chi connectivity index (χ0n) is 8.93. The largest absolute Gasteiger partial charge is 0.380 e. The number of carbonyl (C=O) groups excluding carboxylic acids is 1. The molecule has 1 aromatic rings. The molecule has 0 spiro atoms. The fraction of sp³-hybridized carbons (Fsp3) is 0.600. The molecule has 5 heteroatoms. The van der Waals surface area contributed by atoms with E-state index < -0.39 is 0 Å². The highest BCUT2D eigenvalue weighted by Gasteiger charge is 2.30. The van der Waals surface area contributed by atoms with E-state index in [4.69, 9.17) is 4.74 Å². The average molecular weight is 209 g/mol. The molecule has 1 aromatic heterocycles. The first-order chi connectivity index (χ1) is 7.20. The number of Topliss-reactive ketones (excluding diaryl/α,β-unsaturated/α-hetero) is 1. The summed E-state index contributed by atoms with van der Waals surface area (Å²) in [5, 5.41) is 7.14. The fourth-order valence-corrected chi connectivity index (χ4v) is 1.83. The Kier molecular flexibility index (Phi) is 2.83. The number of methoxy groups -OCH3 is 1. The number of nitrogens with zero attached hydrogens (tertiary/aromatic N) is 2. The van der Waals surface area contributed by atoms with Crippen molar-refractivity contribution in [3.05, 3.63) is 18.0 Å². The molecule has 0 bridgehead atoms. The average Bonchev–Trinajstić information content (AvgIpc) is 2.84. The van der Waals surface area contributed by atoms with Gasteiger partial charge in [-0.15, -0.1) is 0 Å². The van der Waals surface area contributed by atoms with Crippen molar-refractivity contribution in [2.24, 2.45) is 7.05 Å². The lowest BCUT2D eigenvalue weighted by Gasteiger charge is -2.06. The van der Waals surface area contributed by atoms with Crippen molar-refractivity contribution in [1.29, 1.82) is 0 Å². The Hall–Kier alpha value is -1.20. The Morgan fingerprint density at radius 1 is 1.73 bits per heavy atom. The minimum Gasteiger partial charge on any atom is -0.380 e. The maximum absolute atomic E-state index is 12.0. The van der Waals surface area contributed by atoms with E-state index in [1.54, 1.807) is 31.2 Å². The van der Waals surface area contributed by atoms with Crippen LogP contribution in [0.25, 0.3) is 0 Å². The Balaban J connectivity index is 2.03. The Morgan fingerprint density at radius 2 is 2.53 bits per heavy atom. The zero-order chi connectivity index (χ0) is 10.8. The van der Waals surface area contributed by atoms with E-state index in [-0.39, 0.29) is 17.9 Å². The van der Waals surface area contributed by atoms with Crippen LogP contribution in [0.4, 0.5) is 0 Å². The second-order valence-corrected chi connectivity index (χ2v) is 3.82. The number of carbonyl (C=O) groups is 1. The predicted octanol–water partition coefficient (Wildman–Crippen LogP) is -0.0203. The van der Waals surface area contributed by atoms with Crippen molar-refractivity contribution in [3.8, 4) is 0 Å². The van der Waals surface area contributed by atoms with Gasteiger partial charge in [0, 0.05) is 26.9 Å². The first-order valence-corrected chi connectivity index (χ1v) is 4.99. The normalized spacial score (nSPS) is 25.7. The van der Waals surface area contributed by atoms with Crippen molar-refractivity contribution >= 4 is 5.78 Å². The number of nitrogens with one attached hydrogen (secondary N) is 1. The summed E-state index contributed by atoms with van der Waals surface area (Å²) in [5.74, 6) is 0.0997. The van der Waals surface area contributed by atoms with E-state index in [1.807, 2.05) is 0 Å². The van der Waals surface area contributed by atoms with E-state index >= 15 is 0 Å². The summed E-state index contributed by atoms with van der Waals surface area (Å²) < 4.78 is 6.83. The molecular formula is C10H15N3O2. The summed E-state index contributed by atoms with van der Waals surface area (Å²) in [4.78, 5) is 12.0. The molecule has 1 aliphatic heterocycles. The lowest BCUT2D eigenvalue weighted by Crippen LogP contribution is -2.30. The molecule has 2 atom stereocenters. The molecule has 2 rings (SSSR count). The lowest BCUT2D eigenvalue weighted by atomic mass is 10.1. The van der Waals surface area contributed by atoms with Gasteiger partial charge in [-0.1, -0.05) is 0 Å². The third kappa shape index (κ3) is 2.08. The van der Waals surface area contributed by atoms with Gasteiger partial charge in [0.1, 0.15) is 0 Å². The number of hydrogen-bond acceptors (Lipinski definition) is 4. The highest BCUT2D eigenvalue weighted by molar-refractivity contribution is 5.99. The van der Waals surface area contributed by atoms with Crippen LogP contribution in [-0.4, -0.2) is 41.4 Å². The van der Waals surface area contributed by atoms with Gasteiger partial charge in [0.2, 0.25) is 0 Å². The van der Waals surface area contributed by atoms with Gasteiger partial charge >= 0.3 is 0 Å². The van der Waals surface area contributed by atoms with Gasteiger partial charge in [-0.05, 0) is 6.42 Å². The van der Waals surface area contributed by atoms with Crippen LogP contribution >= 0.6 is 0 Å². The summed E-state index contributed by atoms with van der Waals surface area (Å²) >= 11 is 0. The minimum absolute atomic E-state index is 0.0997. The van der Waals surface area contributed by atoms with E-state index in [1.165, 1.54) is 0 Å². The van der Waals surface area contributed by atoms with E-state index in [0.717, 1.165) is 13.0 Å². The monoisotopic (exact) mass is 209 g/mol. The Morgan fingerprint density at radius 3 is 3.07 bits per heavy atom. The standard InChI is InChI=1S/C10H15N3O2/c1-13-6-7(4-12-13)10(14)9-3-8(15-2)5-11-9/h4,6,8-9,11H,3,5H2,1-2H3. The van der Waals surface area contributed by atoms with Crippen molar-refractivity contribution in [2.45, 2.75) is 18.6 Å². The van der Waals surface area contributed by atoms with Crippen LogP contribution in [0.5, 0.6) is 0 Å². The molecule has 1 N–H and O–H groups in total. The van der Waals surface area contributed by atoms with Gasteiger partial charge in [-0.25, -0.2) is 0 Å². The van der Waals surface area contributed by atoms with Gasteiger partial charge in [0.15, 0.2) is 5.78 Å². The zero-order valence-corrected chi connectivity index (χ0v) is 8.93. The van der Waals surface area contributed by atoms with Crippen molar-refractivity contribution in [2.75, 3.05) is 13.7 Å². The number of rotatable bonds is 3. The SMILES string of the molecule is COC1CNC(C(=O)c2cnn(C)c2)C1. The molecular weight excluding hydrogens is 194 g/mol. The maximum atomic E-state index is 12.0. The molecule has 1 aliphatic rings. The molecule has 1 saturated heterocycles. The molecule has 0 amide bonds. The molecule has 2 heterocycles. The van der Waals surface area contributed by atoms with Crippen LogP contribution in [0.2, 0.25) is 0 Å². The summed E-state index contributed by atoms with van der Waals surface area (Å²) in [6.45, 7) is 0.743. The van der Waals surface area contributed by atoms with Crippen molar-refractivity contribution in [3.63, 3.8) is 0 Å². The molecule has 15 heavy (non-hydrogen) atoms. The molecule has 0 saturated carbocycles. The predicted molar refractivity (Wildman–Crippen MR) is 54.7 cm³/mol. The highest BCUT2D eigenvalue weighted by atomic mass is 16.5. The maximum Gasteiger partial charge on any atom is 0.182 e. The van der Waals surface area contributed by atoms with Crippen LogP contribution in [0.1, 0.15) is 16.8 Å². The first-order valence-electron chi connectivity index (χ1n) is 4.99.